The van der Waals surface area contributed by atoms with Gasteiger partial charge in [-0.05, 0) is 30.7 Å². The number of nitrogens with two attached hydrogens (primary N) is 1. The number of rotatable bonds is 2. The molecule has 0 aliphatic carbocycles. The first-order valence-corrected chi connectivity index (χ1v) is 7.50. The Balaban J connectivity index is 1.94. The summed E-state index contributed by atoms with van der Waals surface area (Å²) in [6, 6.07) is 1.99. The zero-order chi connectivity index (χ0) is 11.8. The topological polar surface area (TPSA) is 64.9 Å². The first kappa shape index (κ1) is 11.3. The van der Waals surface area contributed by atoms with Crippen LogP contribution in [0, 0.1) is 0 Å². The SMILES string of the molecule is CC(N)c1noc(-c2cc3c(s2)CCSC3)n1. The van der Waals surface area contributed by atoms with Gasteiger partial charge in [0.05, 0.1) is 10.9 Å². The summed E-state index contributed by atoms with van der Waals surface area (Å²) >= 11 is 3.74. The van der Waals surface area contributed by atoms with E-state index >= 15 is 0 Å². The Bertz CT molecular complexity index is 509. The van der Waals surface area contributed by atoms with Crippen LogP contribution in [0.25, 0.3) is 10.8 Å². The van der Waals surface area contributed by atoms with E-state index in [-0.39, 0.29) is 6.04 Å². The summed E-state index contributed by atoms with van der Waals surface area (Å²) in [6.45, 7) is 1.85. The number of hydrogen-bond acceptors (Lipinski definition) is 6. The summed E-state index contributed by atoms with van der Waals surface area (Å²) in [5.41, 5.74) is 7.14. The number of aromatic nitrogens is 2. The molecule has 0 bridgehead atoms. The fourth-order valence-corrected chi connectivity index (χ4v) is 4.07. The van der Waals surface area contributed by atoms with Gasteiger partial charge in [0.15, 0.2) is 5.82 Å². The van der Waals surface area contributed by atoms with Gasteiger partial charge in [-0.2, -0.15) is 16.7 Å². The van der Waals surface area contributed by atoms with Crippen molar-refractivity contribution in [2.45, 2.75) is 25.1 Å². The van der Waals surface area contributed by atoms with Gasteiger partial charge in [-0.3, -0.25) is 0 Å². The maximum Gasteiger partial charge on any atom is 0.268 e. The van der Waals surface area contributed by atoms with E-state index in [2.05, 4.69) is 16.2 Å². The number of nitrogens with zero attached hydrogens (tertiary/aromatic N) is 2. The number of hydrogen-bond donors (Lipinski definition) is 1. The summed E-state index contributed by atoms with van der Waals surface area (Å²) in [5, 5.41) is 3.89. The molecule has 0 spiro atoms. The maximum atomic E-state index is 5.72. The van der Waals surface area contributed by atoms with Gasteiger partial charge in [0.25, 0.3) is 5.89 Å². The third-order valence-electron chi connectivity index (χ3n) is 2.69. The quantitative estimate of drug-likeness (QED) is 0.906. The molecule has 1 atom stereocenters. The van der Waals surface area contributed by atoms with Gasteiger partial charge >= 0.3 is 0 Å². The highest BCUT2D eigenvalue weighted by atomic mass is 32.2. The lowest BCUT2D eigenvalue weighted by Gasteiger charge is -2.08. The van der Waals surface area contributed by atoms with E-state index in [4.69, 9.17) is 10.3 Å². The first-order chi connectivity index (χ1) is 8.24. The Kier molecular flexibility index (Phi) is 2.94. The van der Waals surface area contributed by atoms with Gasteiger partial charge in [-0.15, -0.1) is 11.3 Å². The lowest BCUT2D eigenvalue weighted by Crippen LogP contribution is -2.06. The predicted octanol–water partition coefficient (Wildman–Crippen LogP) is 2.61. The molecule has 2 aromatic heterocycles. The van der Waals surface area contributed by atoms with Crippen LogP contribution in [-0.4, -0.2) is 15.9 Å². The second-order valence-corrected chi connectivity index (χ2v) is 6.35. The molecular formula is C11H13N3OS2. The van der Waals surface area contributed by atoms with E-state index < -0.39 is 0 Å². The van der Waals surface area contributed by atoms with E-state index in [0.717, 1.165) is 17.1 Å². The minimum absolute atomic E-state index is 0.183. The van der Waals surface area contributed by atoms with Crippen molar-refractivity contribution < 1.29 is 4.52 Å². The monoisotopic (exact) mass is 267 g/mol. The average molecular weight is 267 g/mol. The molecule has 0 saturated carbocycles. The molecule has 4 nitrogen and oxygen atoms in total. The summed E-state index contributed by atoms with van der Waals surface area (Å²) in [5.74, 6) is 3.48. The molecule has 1 aliphatic heterocycles. The minimum atomic E-state index is -0.183. The Hall–Kier alpha value is -0.850. The molecule has 17 heavy (non-hydrogen) atoms. The molecular weight excluding hydrogens is 254 g/mol. The molecule has 0 saturated heterocycles. The van der Waals surface area contributed by atoms with Crippen LogP contribution in [0.5, 0.6) is 0 Å². The molecule has 0 aromatic carbocycles. The van der Waals surface area contributed by atoms with Gasteiger partial charge in [-0.25, -0.2) is 0 Å². The van der Waals surface area contributed by atoms with Crippen LogP contribution in [0.4, 0.5) is 0 Å². The second-order valence-electron chi connectivity index (χ2n) is 4.11. The van der Waals surface area contributed by atoms with E-state index in [0.29, 0.717) is 11.7 Å². The van der Waals surface area contributed by atoms with Crippen LogP contribution in [0.15, 0.2) is 10.6 Å². The van der Waals surface area contributed by atoms with Gasteiger partial charge in [0.1, 0.15) is 0 Å². The van der Waals surface area contributed by atoms with Crippen LogP contribution in [-0.2, 0) is 12.2 Å². The van der Waals surface area contributed by atoms with Crippen molar-refractivity contribution in [3.63, 3.8) is 0 Å². The van der Waals surface area contributed by atoms with Gasteiger partial charge in [0.2, 0.25) is 0 Å². The van der Waals surface area contributed by atoms with Crippen LogP contribution in [0.3, 0.4) is 0 Å². The molecule has 0 amide bonds. The fraction of sp³-hybridized carbons (Fsp3) is 0.455. The number of fused-ring (bicyclic) bond motifs is 1. The van der Waals surface area contributed by atoms with Gasteiger partial charge in [-0.1, -0.05) is 5.16 Å². The highest BCUT2D eigenvalue weighted by molar-refractivity contribution is 7.98. The van der Waals surface area contributed by atoms with Crippen molar-refractivity contribution >= 4 is 23.1 Å². The molecule has 0 radical (unpaired) electrons. The van der Waals surface area contributed by atoms with Crippen molar-refractivity contribution in [2.24, 2.45) is 5.73 Å². The molecule has 1 unspecified atom stereocenters. The van der Waals surface area contributed by atoms with E-state index in [1.54, 1.807) is 11.3 Å². The highest BCUT2D eigenvalue weighted by Gasteiger charge is 2.18. The molecule has 90 valence electrons. The Labute approximate surface area is 108 Å². The van der Waals surface area contributed by atoms with Crippen LogP contribution < -0.4 is 5.73 Å². The average Bonchev–Trinajstić information content (AvgIpc) is 2.95. The van der Waals surface area contributed by atoms with Crippen molar-refractivity contribution in [3.8, 4) is 10.8 Å². The molecule has 3 rings (SSSR count). The molecule has 6 heteroatoms. The number of aryl methyl sites for hydroxylation is 1. The number of thiophene rings is 1. The van der Waals surface area contributed by atoms with E-state index in [1.165, 1.54) is 16.2 Å². The van der Waals surface area contributed by atoms with Crippen molar-refractivity contribution in [1.82, 2.24) is 10.1 Å². The highest BCUT2D eigenvalue weighted by Crippen LogP contribution is 2.36. The van der Waals surface area contributed by atoms with Crippen LogP contribution >= 0.6 is 23.1 Å². The molecule has 0 fully saturated rings. The van der Waals surface area contributed by atoms with Crippen LogP contribution in [0.1, 0.15) is 29.2 Å². The molecule has 3 heterocycles. The Morgan fingerprint density at radius 3 is 3.12 bits per heavy atom. The summed E-state index contributed by atoms with van der Waals surface area (Å²) in [6.07, 6.45) is 1.15. The predicted molar refractivity (Wildman–Crippen MR) is 70.1 cm³/mol. The first-order valence-electron chi connectivity index (χ1n) is 5.53. The zero-order valence-electron chi connectivity index (χ0n) is 9.47. The van der Waals surface area contributed by atoms with Crippen molar-refractivity contribution in [3.05, 3.63) is 22.3 Å². The van der Waals surface area contributed by atoms with E-state index in [9.17, 15) is 0 Å². The third kappa shape index (κ3) is 2.12. The van der Waals surface area contributed by atoms with E-state index in [1.807, 2.05) is 18.7 Å². The Morgan fingerprint density at radius 2 is 2.41 bits per heavy atom. The standard InChI is InChI=1S/C11H13N3OS2/c1-6(12)10-13-11(15-14-10)9-4-7-5-16-3-2-8(7)17-9/h4,6H,2-3,5,12H2,1H3. The van der Waals surface area contributed by atoms with Gasteiger partial charge in [0, 0.05) is 10.6 Å². The smallest absolute Gasteiger partial charge is 0.268 e. The largest absolute Gasteiger partial charge is 0.333 e. The molecule has 2 N–H and O–H groups in total. The molecule has 1 aliphatic rings. The lowest BCUT2D eigenvalue weighted by atomic mass is 10.2. The minimum Gasteiger partial charge on any atom is -0.333 e. The van der Waals surface area contributed by atoms with Gasteiger partial charge < -0.3 is 10.3 Å². The van der Waals surface area contributed by atoms with Crippen molar-refractivity contribution in [1.29, 1.82) is 0 Å². The summed E-state index contributed by atoms with van der Waals surface area (Å²) in [4.78, 5) is 6.85. The van der Waals surface area contributed by atoms with Crippen LogP contribution in [0.2, 0.25) is 0 Å². The third-order valence-corrected chi connectivity index (χ3v) is 4.92. The maximum absolute atomic E-state index is 5.72. The number of thioether (sulfide) groups is 1. The summed E-state index contributed by atoms with van der Waals surface area (Å²) < 4.78 is 5.25. The fourth-order valence-electron chi connectivity index (χ4n) is 1.77. The van der Waals surface area contributed by atoms with Crippen molar-refractivity contribution in [2.75, 3.05) is 5.75 Å². The normalized spacial score (nSPS) is 16.8. The second kappa shape index (κ2) is 4.44. The Morgan fingerprint density at radius 1 is 1.53 bits per heavy atom. The lowest BCUT2D eigenvalue weighted by molar-refractivity contribution is 0.419. The zero-order valence-corrected chi connectivity index (χ0v) is 11.1. The summed E-state index contributed by atoms with van der Waals surface area (Å²) in [7, 11) is 0. The molecule has 2 aromatic rings.